The minimum Gasteiger partial charge on any atom is -0.466 e. The Labute approximate surface area is 158 Å². The largest absolute Gasteiger partial charge is 0.466 e. The van der Waals surface area contributed by atoms with Gasteiger partial charge in [-0.2, -0.15) is 0 Å². The van der Waals surface area contributed by atoms with Crippen molar-refractivity contribution in [3.63, 3.8) is 0 Å². The normalized spacial score (nSPS) is 13.2. The van der Waals surface area contributed by atoms with Crippen molar-refractivity contribution >= 4 is 35.3 Å². The van der Waals surface area contributed by atoms with Gasteiger partial charge in [-0.05, 0) is 32.5 Å². The molecule has 2 amide bonds. The van der Waals surface area contributed by atoms with Crippen LogP contribution in [0.1, 0.15) is 26.7 Å². The zero-order valence-electron chi connectivity index (χ0n) is 15.2. The lowest BCUT2D eigenvalue weighted by molar-refractivity contribution is -0.143. The highest BCUT2D eigenvalue weighted by molar-refractivity contribution is 7.80. The van der Waals surface area contributed by atoms with Gasteiger partial charge in [-0.3, -0.25) is 9.80 Å². The monoisotopic (exact) mass is 386 g/mol. The highest BCUT2D eigenvalue weighted by Gasteiger charge is 2.28. The molecule has 1 rings (SSSR count). The Kier molecular flexibility index (Phi) is 9.42. The highest BCUT2D eigenvalue weighted by Crippen LogP contribution is 2.11. The van der Waals surface area contributed by atoms with Crippen molar-refractivity contribution < 1.29 is 23.9 Å². The molecule has 1 heterocycles. The van der Waals surface area contributed by atoms with Crippen molar-refractivity contribution in [3.05, 3.63) is 12.2 Å². The lowest BCUT2D eigenvalue weighted by atomic mass is 10.4. The van der Waals surface area contributed by atoms with Crippen LogP contribution >= 0.6 is 12.2 Å². The quantitative estimate of drug-likeness (QED) is 0.270. The lowest BCUT2D eigenvalue weighted by Gasteiger charge is -2.30. The molecule has 0 aromatic carbocycles. The maximum atomic E-state index is 12.3. The van der Waals surface area contributed by atoms with Crippen LogP contribution in [-0.2, 0) is 19.1 Å². The van der Waals surface area contributed by atoms with E-state index in [-0.39, 0.29) is 31.6 Å². The summed E-state index contributed by atoms with van der Waals surface area (Å²) in [4.78, 5) is 34.8. The summed E-state index contributed by atoms with van der Waals surface area (Å²) in [5.74, 6) is -0.794. The maximum Gasteiger partial charge on any atom is 0.336 e. The van der Waals surface area contributed by atoms with Crippen molar-refractivity contribution in [1.82, 2.24) is 20.7 Å². The minimum atomic E-state index is -0.492. The summed E-state index contributed by atoms with van der Waals surface area (Å²) >= 11 is 5.29. The van der Waals surface area contributed by atoms with Gasteiger partial charge in [0, 0.05) is 25.2 Å². The fourth-order valence-electron chi connectivity index (χ4n) is 2.15. The van der Waals surface area contributed by atoms with Gasteiger partial charge in [-0.15, -0.1) is 0 Å². The van der Waals surface area contributed by atoms with E-state index in [2.05, 4.69) is 17.2 Å². The summed E-state index contributed by atoms with van der Waals surface area (Å²) in [6, 6.07) is -0.330. The Morgan fingerprint density at radius 2 is 1.81 bits per heavy atom. The lowest BCUT2D eigenvalue weighted by Crippen LogP contribution is -2.52. The van der Waals surface area contributed by atoms with Gasteiger partial charge in [-0.1, -0.05) is 6.58 Å². The summed E-state index contributed by atoms with van der Waals surface area (Å²) in [5.41, 5.74) is 0.307. The Morgan fingerprint density at radius 1 is 1.12 bits per heavy atom. The van der Waals surface area contributed by atoms with Crippen LogP contribution in [0.3, 0.4) is 0 Å². The van der Waals surface area contributed by atoms with Gasteiger partial charge < -0.3 is 20.1 Å². The first kappa shape index (κ1) is 21.7. The average Bonchev–Trinajstić information content (AvgIpc) is 3.08. The number of thiocarbonyl (C=S) groups is 1. The second-order valence-corrected chi connectivity index (χ2v) is 5.92. The molecule has 0 saturated carbocycles. The molecule has 146 valence electrons. The third-order valence-electron chi connectivity index (χ3n) is 3.37. The fraction of sp³-hybridized carbons (Fsp3) is 0.625. The molecule has 0 radical (unpaired) electrons. The molecular weight excluding hydrogens is 360 g/mol. The van der Waals surface area contributed by atoms with Crippen LogP contribution in [0.25, 0.3) is 0 Å². The second kappa shape index (κ2) is 11.3. The summed E-state index contributed by atoms with van der Waals surface area (Å²) in [5, 5.41) is 9.13. The molecule has 1 fully saturated rings. The molecule has 0 aromatic heterocycles. The molecule has 1 aliphatic rings. The zero-order chi connectivity index (χ0) is 19.5. The van der Waals surface area contributed by atoms with Crippen molar-refractivity contribution in [1.29, 1.82) is 0 Å². The van der Waals surface area contributed by atoms with E-state index in [1.165, 1.54) is 5.01 Å². The van der Waals surface area contributed by atoms with Crippen LogP contribution in [-0.4, -0.2) is 72.5 Å². The Balaban J connectivity index is 2.35. The van der Waals surface area contributed by atoms with E-state index >= 15 is 0 Å². The fourth-order valence-corrected chi connectivity index (χ4v) is 2.44. The third kappa shape index (κ3) is 7.26. The van der Waals surface area contributed by atoms with E-state index in [0.29, 0.717) is 36.9 Å². The number of esters is 2. The number of rotatable bonds is 8. The topological polar surface area (TPSA) is 100 Å². The van der Waals surface area contributed by atoms with Gasteiger partial charge in [0.15, 0.2) is 5.11 Å². The van der Waals surface area contributed by atoms with Gasteiger partial charge in [0.05, 0.1) is 19.6 Å². The SMILES string of the molecule is C=C(C)C(=O)OCCNC(=O)N1CCCN1C(=S)NCCC(=O)OCC. The number of hydrogen-bond acceptors (Lipinski definition) is 6. The number of amides is 2. The van der Waals surface area contributed by atoms with Crippen molar-refractivity contribution in [3.8, 4) is 0 Å². The summed E-state index contributed by atoms with van der Waals surface area (Å²) < 4.78 is 9.76. The molecule has 10 heteroatoms. The number of hydrogen-bond donors (Lipinski definition) is 2. The average molecular weight is 386 g/mol. The maximum absolute atomic E-state index is 12.3. The van der Waals surface area contributed by atoms with Crippen LogP contribution < -0.4 is 10.6 Å². The van der Waals surface area contributed by atoms with E-state index in [1.807, 2.05) is 0 Å². The van der Waals surface area contributed by atoms with Gasteiger partial charge in [0.1, 0.15) is 6.61 Å². The molecule has 2 N–H and O–H groups in total. The van der Waals surface area contributed by atoms with Gasteiger partial charge in [0.2, 0.25) is 0 Å². The summed E-state index contributed by atoms with van der Waals surface area (Å²) in [7, 11) is 0. The first-order valence-corrected chi connectivity index (χ1v) is 8.86. The number of nitrogens with zero attached hydrogens (tertiary/aromatic N) is 2. The molecule has 1 aliphatic heterocycles. The van der Waals surface area contributed by atoms with Crippen molar-refractivity contribution in [2.24, 2.45) is 0 Å². The predicted molar refractivity (Wildman–Crippen MR) is 99.1 cm³/mol. The van der Waals surface area contributed by atoms with Gasteiger partial charge >= 0.3 is 18.0 Å². The van der Waals surface area contributed by atoms with E-state index in [0.717, 1.165) is 6.42 Å². The van der Waals surface area contributed by atoms with E-state index in [9.17, 15) is 14.4 Å². The standard InChI is InChI=1S/C16H26N4O5S/c1-4-24-13(21)6-7-18-16(26)20-10-5-9-19(20)15(23)17-8-11-25-14(22)12(2)3/h2,4-11H2,1,3H3,(H,17,23)(H,18,26). The smallest absolute Gasteiger partial charge is 0.336 e. The van der Waals surface area contributed by atoms with E-state index < -0.39 is 5.97 Å². The molecule has 0 spiro atoms. The molecule has 1 saturated heterocycles. The van der Waals surface area contributed by atoms with Crippen LogP contribution in [0.4, 0.5) is 4.79 Å². The van der Waals surface area contributed by atoms with E-state index in [1.54, 1.807) is 18.9 Å². The minimum absolute atomic E-state index is 0.0630. The molecule has 0 bridgehead atoms. The number of hydrazine groups is 1. The van der Waals surface area contributed by atoms with Crippen molar-refractivity contribution in [2.75, 3.05) is 39.4 Å². The number of carbonyl (C=O) groups is 3. The molecule has 9 nitrogen and oxygen atoms in total. The van der Waals surface area contributed by atoms with Crippen LogP contribution in [0.15, 0.2) is 12.2 Å². The van der Waals surface area contributed by atoms with Gasteiger partial charge in [0.25, 0.3) is 0 Å². The molecule has 0 unspecified atom stereocenters. The number of ether oxygens (including phenoxy) is 2. The first-order chi connectivity index (χ1) is 12.4. The Morgan fingerprint density at radius 3 is 2.46 bits per heavy atom. The Bertz CT molecular complexity index is 555. The Hall–Kier alpha value is -2.36. The molecule has 0 aliphatic carbocycles. The molecular formula is C16H26N4O5S. The third-order valence-corrected chi connectivity index (χ3v) is 3.73. The molecule has 0 atom stereocenters. The zero-order valence-corrected chi connectivity index (χ0v) is 16.0. The number of nitrogens with one attached hydrogen (secondary N) is 2. The number of urea groups is 1. The molecule has 26 heavy (non-hydrogen) atoms. The van der Waals surface area contributed by atoms with Crippen LogP contribution in [0, 0.1) is 0 Å². The first-order valence-electron chi connectivity index (χ1n) is 8.45. The van der Waals surface area contributed by atoms with E-state index in [4.69, 9.17) is 21.7 Å². The summed E-state index contributed by atoms with van der Waals surface area (Å²) in [6.45, 7) is 8.83. The summed E-state index contributed by atoms with van der Waals surface area (Å²) in [6.07, 6.45) is 0.972. The second-order valence-electron chi connectivity index (χ2n) is 5.53. The predicted octanol–water partition coefficient (Wildman–Crippen LogP) is 0.566. The molecule has 0 aromatic rings. The van der Waals surface area contributed by atoms with Gasteiger partial charge in [-0.25, -0.2) is 14.6 Å². The highest BCUT2D eigenvalue weighted by atomic mass is 32.1. The number of carbonyl (C=O) groups excluding carboxylic acids is 3. The van der Waals surface area contributed by atoms with Crippen molar-refractivity contribution in [2.45, 2.75) is 26.7 Å². The van der Waals surface area contributed by atoms with Crippen LogP contribution in [0.5, 0.6) is 0 Å². The van der Waals surface area contributed by atoms with Crippen LogP contribution in [0.2, 0.25) is 0 Å².